The molecule has 0 saturated heterocycles. The third-order valence-corrected chi connectivity index (χ3v) is 3.14. The van der Waals surface area contributed by atoms with E-state index in [-0.39, 0.29) is 26.1 Å². The van der Waals surface area contributed by atoms with Gasteiger partial charge in [-0.15, -0.1) is 5.69 Å². The number of hydrogen-bond donors (Lipinski definition) is 1. The molecule has 99 valence electrons. The van der Waals surface area contributed by atoms with Gasteiger partial charge in [0.2, 0.25) is 0 Å². The molecule has 2 aromatic rings. The van der Waals surface area contributed by atoms with Crippen molar-refractivity contribution in [3.8, 4) is 11.1 Å². The molecule has 1 atom stereocenters. The van der Waals surface area contributed by atoms with E-state index < -0.39 is 0 Å². The van der Waals surface area contributed by atoms with Crippen LogP contribution in [-0.2, 0) is 20.1 Å². The van der Waals surface area contributed by atoms with Gasteiger partial charge >= 0.3 is 0 Å². The first-order valence-corrected chi connectivity index (χ1v) is 5.96. The fourth-order valence-corrected chi connectivity index (χ4v) is 2.11. The van der Waals surface area contributed by atoms with Gasteiger partial charge in [0.15, 0.2) is 0 Å². The molecular weight excluding hydrogens is 414 g/mol. The summed E-state index contributed by atoms with van der Waals surface area (Å²) >= 11 is 0. The minimum Gasteiger partial charge on any atom is -0.662 e. The van der Waals surface area contributed by atoms with Crippen LogP contribution in [0.2, 0.25) is 0 Å². The SMILES string of the molecule is CC1=NC(c2[n-]ccc2-c2ccccc2)=CC1N.[Ir]. The van der Waals surface area contributed by atoms with Crippen molar-refractivity contribution in [3.63, 3.8) is 0 Å². The van der Waals surface area contributed by atoms with Gasteiger partial charge in [0.1, 0.15) is 0 Å². The Kier molecular flexibility index (Phi) is 4.15. The Labute approximate surface area is 126 Å². The van der Waals surface area contributed by atoms with E-state index in [1.54, 1.807) is 0 Å². The molecule has 2 N–H and O–H groups in total. The molecule has 0 aliphatic carbocycles. The Hall–Kier alpha value is -1.48. The van der Waals surface area contributed by atoms with E-state index in [0.717, 1.165) is 28.2 Å². The van der Waals surface area contributed by atoms with E-state index in [9.17, 15) is 0 Å². The fraction of sp³-hybridized carbons (Fsp3) is 0.133. The van der Waals surface area contributed by atoms with Crippen LogP contribution < -0.4 is 10.7 Å². The van der Waals surface area contributed by atoms with Gasteiger partial charge in [-0.25, -0.2) is 0 Å². The number of benzene rings is 1. The topological polar surface area (TPSA) is 52.5 Å². The third-order valence-electron chi connectivity index (χ3n) is 3.14. The Balaban J connectivity index is 0.00000133. The Morgan fingerprint density at radius 2 is 1.89 bits per heavy atom. The van der Waals surface area contributed by atoms with Crippen molar-refractivity contribution in [2.45, 2.75) is 13.0 Å². The summed E-state index contributed by atoms with van der Waals surface area (Å²) in [4.78, 5) is 8.90. The number of hydrogen-bond acceptors (Lipinski definition) is 2. The van der Waals surface area contributed by atoms with Crippen LogP contribution in [0.15, 0.2) is 53.7 Å². The van der Waals surface area contributed by atoms with Gasteiger partial charge in [-0.2, -0.15) is 6.20 Å². The van der Waals surface area contributed by atoms with Gasteiger partial charge in [-0.05, 0) is 24.1 Å². The van der Waals surface area contributed by atoms with E-state index in [1.807, 2.05) is 43.5 Å². The summed E-state index contributed by atoms with van der Waals surface area (Å²) in [6.45, 7) is 1.94. The predicted molar refractivity (Wildman–Crippen MR) is 74.3 cm³/mol. The molecule has 1 aromatic heterocycles. The molecule has 1 aromatic carbocycles. The van der Waals surface area contributed by atoms with E-state index in [4.69, 9.17) is 5.73 Å². The van der Waals surface area contributed by atoms with E-state index in [2.05, 4.69) is 22.1 Å². The van der Waals surface area contributed by atoms with Crippen LogP contribution >= 0.6 is 0 Å². The first-order chi connectivity index (χ1) is 8.75. The van der Waals surface area contributed by atoms with Gasteiger partial charge in [-0.1, -0.05) is 36.4 Å². The van der Waals surface area contributed by atoms with Crippen LogP contribution in [-0.4, -0.2) is 11.8 Å². The summed E-state index contributed by atoms with van der Waals surface area (Å²) < 4.78 is 0. The van der Waals surface area contributed by atoms with Crippen molar-refractivity contribution in [2.24, 2.45) is 10.7 Å². The fourth-order valence-electron chi connectivity index (χ4n) is 2.11. The number of rotatable bonds is 2. The molecule has 0 spiro atoms. The summed E-state index contributed by atoms with van der Waals surface area (Å²) in [5.74, 6) is 0. The van der Waals surface area contributed by atoms with E-state index in [1.165, 1.54) is 0 Å². The average Bonchev–Trinajstić information content (AvgIpc) is 2.98. The minimum atomic E-state index is -0.0830. The molecule has 3 rings (SSSR count). The molecule has 0 amide bonds. The molecule has 1 aliphatic heterocycles. The van der Waals surface area contributed by atoms with Crippen molar-refractivity contribution in [3.05, 3.63) is 54.4 Å². The second-order valence-corrected chi connectivity index (χ2v) is 4.40. The molecule has 1 aliphatic rings. The third kappa shape index (κ3) is 2.61. The molecule has 4 heteroatoms. The van der Waals surface area contributed by atoms with Crippen LogP contribution in [0, 0.1) is 0 Å². The van der Waals surface area contributed by atoms with Crippen LogP contribution in [0.25, 0.3) is 16.8 Å². The Morgan fingerprint density at radius 3 is 2.53 bits per heavy atom. The van der Waals surface area contributed by atoms with Crippen LogP contribution in [0.4, 0.5) is 0 Å². The molecule has 0 bridgehead atoms. The van der Waals surface area contributed by atoms with Crippen molar-refractivity contribution in [1.29, 1.82) is 0 Å². The summed E-state index contributed by atoms with van der Waals surface area (Å²) in [6, 6.07) is 12.1. The molecule has 2 heterocycles. The molecule has 1 unspecified atom stereocenters. The molecular formula is C15H14IrN3-. The predicted octanol–water partition coefficient (Wildman–Crippen LogP) is 2.45. The van der Waals surface area contributed by atoms with E-state index >= 15 is 0 Å². The van der Waals surface area contributed by atoms with Gasteiger partial charge < -0.3 is 10.7 Å². The molecule has 1 radical (unpaired) electrons. The second kappa shape index (κ2) is 5.66. The normalized spacial score (nSPS) is 17.7. The van der Waals surface area contributed by atoms with Crippen molar-refractivity contribution in [1.82, 2.24) is 4.98 Å². The van der Waals surface area contributed by atoms with Crippen LogP contribution in [0.5, 0.6) is 0 Å². The van der Waals surface area contributed by atoms with Gasteiger partial charge in [0.25, 0.3) is 0 Å². The average molecular weight is 429 g/mol. The van der Waals surface area contributed by atoms with Crippen molar-refractivity contribution < 1.29 is 20.1 Å². The Bertz CT molecular complexity index is 626. The number of aromatic nitrogens is 1. The first-order valence-electron chi connectivity index (χ1n) is 5.96. The molecule has 0 saturated carbocycles. The monoisotopic (exact) mass is 429 g/mol. The zero-order chi connectivity index (χ0) is 12.5. The largest absolute Gasteiger partial charge is 0.662 e. The molecule has 0 fully saturated rings. The maximum Gasteiger partial charge on any atom is 0.0636 e. The number of aliphatic imine (C=N–C) groups is 1. The summed E-state index contributed by atoms with van der Waals surface area (Å²) in [5.41, 5.74) is 10.9. The van der Waals surface area contributed by atoms with Crippen molar-refractivity contribution in [2.75, 3.05) is 0 Å². The zero-order valence-electron chi connectivity index (χ0n) is 10.5. The van der Waals surface area contributed by atoms with Gasteiger partial charge in [0.05, 0.1) is 6.04 Å². The molecule has 3 nitrogen and oxygen atoms in total. The van der Waals surface area contributed by atoms with Crippen molar-refractivity contribution >= 4 is 11.4 Å². The number of nitrogens with zero attached hydrogens (tertiary/aromatic N) is 2. The minimum absolute atomic E-state index is 0. The smallest absolute Gasteiger partial charge is 0.0636 e. The van der Waals surface area contributed by atoms with Crippen LogP contribution in [0.1, 0.15) is 12.6 Å². The Morgan fingerprint density at radius 1 is 1.16 bits per heavy atom. The second-order valence-electron chi connectivity index (χ2n) is 4.40. The molecule has 19 heavy (non-hydrogen) atoms. The maximum atomic E-state index is 5.93. The van der Waals surface area contributed by atoms with E-state index in [0.29, 0.717) is 0 Å². The van der Waals surface area contributed by atoms with Crippen LogP contribution in [0.3, 0.4) is 0 Å². The summed E-state index contributed by atoms with van der Waals surface area (Å²) in [5, 5.41) is 0. The summed E-state index contributed by atoms with van der Waals surface area (Å²) in [6.07, 6.45) is 3.78. The van der Waals surface area contributed by atoms with Gasteiger partial charge in [0, 0.05) is 31.5 Å². The number of nitrogens with two attached hydrogens (primary N) is 1. The summed E-state index contributed by atoms with van der Waals surface area (Å²) in [7, 11) is 0. The zero-order valence-corrected chi connectivity index (χ0v) is 12.9. The maximum absolute atomic E-state index is 5.93. The quantitative estimate of drug-likeness (QED) is 0.799. The first kappa shape index (κ1) is 13.9. The van der Waals surface area contributed by atoms with Gasteiger partial charge in [-0.3, -0.25) is 4.99 Å². The standard InChI is InChI=1S/C15H14N3.Ir/c1-10-13(16)9-14(18-10)15-12(7-8-17-15)11-5-3-2-4-6-11;/h2-9,13H,16H2,1H3;/q-1;.